The van der Waals surface area contributed by atoms with Gasteiger partial charge in [0.1, 0.15) is 6.10 Å². The van der Waals surface area contributed by atoms with Gasteiger partial charge in [0, 0.05) is 6.61 Å². The highest BCUT2D eigenvalue weighted by molar-refractivity contribution is 4.79. The molecule has 3 heteroatoms. The van der Waals surface area contributed by atoms with Gasteiger partial charge in [-0.2, -0.15) is 0 Å². The zero-order chi connectivity index (χ0) is 7.56. The van der Waals surface area contributed by atoms with Crippen molar-refractivity contribution in [3.63, 3.8) is 0 Å². The quantitative estimate of drug-likeness (QED) is 0.543. The number of aliphatic hydroxyl groups excluding tert-OH is 2. The van der Waals surface area contributed by atoms with Gasteiger partial charge in [0.2, 0.25) is 0 Å². The first-order chi connectivity index (χ1) is 4.75. The summed E-state index contributed by atoms with van der Waals surface area (Å²) in [6.07, 6.45) is -0.114. The predicted octanol–water partition coefficient (Wildman–Crippen LogP) is -0.0929. The van der Waals surface area contributed by atoms with E-state index in [1.807, 2.05) is 6.92 Å². The fourth-order valence-corrected chi connectivity index (χ4v) is 1.22. The minimum Gasteiger partial charge on any atom is -0.390 e. The third kappa shape index (κ3) is 1.48. The van der Waals surface area contributed by atoms with E-state index in [-0.39, 0.29) is 6.10 Å². The van der Waals surface area contributed by atoms with Gasteiger partial charge in [-0.15, -0.1) is 0 Å². The first-order valence-corrected chi connectivity index (χ1v) is 3.73. The van der Waals surface area contributed by atoms with Crippen LogP contribution in [0.3, 0.4) is 0 Å². The Hall–Kier alpha value is -0.120. The molecule has 0 aromatic carbocycles. The molecule has 1 fully saturated rings. The Morgan fingerprint density at radius 1 is 1.50 bits per heavy atom. The van der Waals surface area contributed by atoms with Crippen molar-refractivity contribution in [2.75, 3.05) is 6.61 Å². The Morgan fingerprint density at radius 3 is 2.70 bits per heavy atom. The molecule has 2 N–H and O–H groups in total. The van der Waals surface area contributed by atoms with E-state index in [2.05, 4.69) is 0 Å². The normalized spacial score (nSPS) is 41.7. The molecule has 1 heterocycles. The second-order valence-electron chi connectivity index (χ2n) is 2.66. The molecule has 0 bridgehead atoms. The second-order valence-corrected chi connectivity index (χ2v) is 2.66. The standard InChI is InChI=1S/C7H14O3/c1-2-6-7(9)5(8)3-4-10-6/h5-9H,2-4H2,1H3. The van der Waals surface area contributed by atoms with E-state index in [1.54, 1.807) is 0 Å². The van der Waals surface area contributed by atoms with Gasteiger partial charge < -0.3 is 14.9 Å². The molecule has 1 rings (SSSR count). The lowest BCUT2D eigenvalue weighted by Gasteiger charge is -2.31. The van der Waals surface area contributed by atoms with E-state index in [0.29, 0.717) is 13.0 Å². The maximum absolute atomic E-state index is 9.26. The summed E-state index contributed by atoms with van der Waals surface area (Å²) in [5.41, 5.74) is 0. The van der Waals surface area contributed by atoms with Crippen molar-refractivity contribution in [3.05, 3.63) is 0 Å². The Kier molecular flexibility index (Phi) is 2.65. The fourth-order valence-electron chi connectivity index (χ4n) is 1.22. The molecule has 0 aliphatic carbocycles. The van der Waals surface area contributed by atoms with Gasteiger partial charge in [-0.1, -0.05) is 6.92 Å². The molecule has 3 atom stereocenters. The fraction of sp³-hybridized carbons (Fsp3) is 1.00. The first kappa shape index (κ1) is 7.98. The van der Waals surface area contributed by atoms with Crippen molar-refractivity contribution < 1.29 is 14.9 Å². The Bertz CT molecular complexity index is 105. The molecule has 0 amide bonds. The van der Waals surface area contributed by atoms with Crippen LogP contribution in [-0.2, 0) is 4.74 Å². The van der Waals surface area contributed by atoms with E-state index in [4.69, 9.17) is 9.84 Å². The number of aliphatic hydroxyl groups is 2. The summed E-state index contributed by atoms with van der Waals surface area (Å²) in [6, 6.07) is 0. The molecule has 1 saturated heterocycles. The molecular formula is C7H14O3. The molecule has 0 aromatic heterocycles. The highest BCUT2D eigenvalue weighted by atomic mass is 16.5. The highest BCUT2D eigenvalue weighted by Crippen LogP contribution is 2.16. The van der Waals surface area contributed by atoms with Crippen LogP contribution in [0.25, 0.3) is 0 Å². The van der Waals surface area contributed by atoms with Crippen LogP contribution in [0.2, 0.25) is 0 Å². The molecule has 10 heavy (non-hydrogen) atoms. The van der Waals surface area contributed by atoms with Gasteiger partial charge in [-0.25, -0.2) is 0 Å². The molecule has 0 spiro atoms. The average molecular weight is 146 g/mol. The summed E-state index contributed by atoms with van der Waals surface area (Å²) >= 11 is 0. The van der Waals surface area contributed by atoms with Gasteiger partial charge in [0.05, 0.1) is 12.2 Å². The molecular weight excluding hydrogens is 132 g/mol. The lowest BCUT2D eigenvalue weighted by atomic mass is 10.0. The van der Waals surface area contributed by atoms with Gasteiger partial charge in [-0.05, 0) is 12.8 Å². The summed E-state index contributed by atoms with van der Waals surface area (Å²) in [7, 11) is 0. The van der Waals surface area contributed by atoms with E-state index in [9.17, 15) is 5.11 Å². The monoisotopic (exact) mass is 146 g/mol. The number of ether oxygens (including phenoxy) is 1. The third-order valence-corrected chi connectivity index (χ3v) is 1.92. The van der Waals surface area contributed by atoms with Crippen LogP contribution >= 0.6 is 0 Å². The van der Waals surface area contributed by atoms with E-state index in [1.165, 1.54) is 0 Å². The summed E-state index contributed by atoms with van der Waals surface area (Å²) in [5, 5.41) is 18.4. The molecule has 3 nitrogen and oxygen atoms in total. The third-order valence-electron chi connectivity index (χ3n) is 1.92. The van der Waals surface area contributed by atoms with Crippen LogP contribution in [0.5, 0.6) is 0 Å². The maximum atomic E-state index is 9.26. The van der Waals surface area contributed by atoms with Crippen molar-refractivity contribution >= 4 is 0 Å². The Morgan fingerprint density at radius 2 is 2.20 bits per heavy atom. The number of hydrogen-bond donors (Lipinski definition) is 2. The van der Waals surface area contributed by atoms with Crippen LogP contribution in [0, 0.1) is 0 Å². The van der Waals surface area contributed by atoms with E-state index >= 15 is 0 Å². The SMILES string of the molecule is CCC1OCCC(O)C1O. The van der Waals surface area contributed by atoms with Crippen LogP contribution in [0.15, 0.2) is 0 Å². The zero-order valence-corrected chi connectivity index (χ0v) is 6.16. The maximum Gasteiger partial charge on any atom is 0.106 e. The van der Waals surface area contributed by atoms with Gasteiger partial charge >= 0.3 is 0 Å². The van der Waals surface area contributed by atoms with Crippen molar-refractivity contribution in [2.45, 2.75) is 38.1 Å². The molecule has 60 valence electrons. The summed E-state index contributed by atoms with van der Waals surface area (Å²) in [5.74, 6) is 0. The minimum atomic E-state index is -0.682. The van der Waals surface area contributed by atoms with Gasteiger partial charge in [0.25, 0.3) is 0 Å². The Labute approximate surface area is 60.6 Å². The smallest absolute Gasteiger partial charge is 0.106 e. The number of hydrogen-bond acceptors (Lipinski definition) is 3. The molecule has 1 aliphatic rings. The lowest BCUT2D eigenvalue weighted by molar-refractivity contribution is -0.135. The summed E-state index contributed by atoms with van der Waals surface area (Å²) < 4.78 is 5.20. The van der Waals surface area contributed by atoms with Gasteiger partial charge in [0.15, 0.2) is 0 Å². The highest BCUT2D eigenvalue weighted by Gasteiger charge is 2.29. The largest absolute Gasteiger partial charge is 0.390 e. The summed E-state index contributed by atoms with van der Waals surface area (Å²) in [6.45, 7) is 2.50. The lowest BCUT2D eigenvalue weighted by Crippen LogP contribution is -2.43. The van der Waals surface area contributed by atoms with Crippen molar-refractivity contribution in [3.8, 4) is 0 Å². The van der Waals surface area contributed by atoms with Crippen LogP contribution < -0.4 is 0 Å². The van der Waals surface area contributed by atoms with Crippen LogP contribution in [0.1, 0.15) is 19.8 Å². The van der Waals surface area contributed by atoms with Gasteiger partial charge in [-0.3, -0.25) is 0 Å². The number of rotatable bonds is 1. The minimum absolute atomic E-state index is 0.163. The molecule has 0 radical (unpaired) electrons. The average Bonchev–Trinajstić information content (AvgIpc) is 1.95. The van der Waals surface area contributed by atoms with Crippen LogP contribution in [0.4, 0.5) is 0 Å². The zero-order valence-electron chi connectivity index (χ0n) is 6.16. The van der Waals surface area contributed by atoms with Crippen molar-refractivity contribution in [1.29, 1.82) is 0 Å². The summed E-state index contributed by atoms with van der Waals surface area (Å²) in [4.78, 5) is 0. The topological polar surface area (TPSA) is 49.7 Å². The van der Waals surface area contributed by atoms with Crippen molar-refractivity contribution in [1.82, 2.24) is 0 Å². The first-order valence-electron chi connectivity index (χ1n) is 3.73. The molecule has 0 saturated carbocycles. The molecule has 1 aliphatic heterocycles. The molecule has 0 aromatic rings. The van der Waals surface area contributed by atoms with Crippen molar-refractivity contribution in [2.24, 2.45) is 0 Å². The molecule has 3 unspecified atom stereocenters. The Balaban J connectivity index is 2.42. The van der Waals surface area contributed by atoms with E-state index < -0.39 is 12.2 Å². The second kappa shape index (κ2) is 3.32. The van der Waals surface area contributed by atoms with E-state index in [0.717, 1.165) is 6.42 Å². The van der Waals surface area contributed by atoms with Crippen LogP contribution in [-0.4, -0.2) is 35.1 Å². The predicted molar refractivity (Wildman–Crippen MR) is 36.7 cm³/mol.